The zero-order valence-corrected chi connectivity index (χ0v) is 6.51. The van der Waals surface area contributed by atoms with E-state index < -0.39 is 15.1 Å². The van der Waals surface area contributed by atoms with Gasteiger partial charge in [-0.1, -0.05) is 11.6 Å². The third-order valence-electron chi connectivity index (χ3n) is 0.410. The third kappa shape index (κ3) is 2.58. The van der Waals surface area contributed by atoms with Crippen molar-refractivity contribution >= 4 is 43.8 Å². The lowest BCUT2D eigenvalue weighted by atomic mass is 10.5. The molecule has 1 unspecified atom stereocenters. The van der Waals surface area contributed by atoms with Crippen LogP contribution in [0.1, 0.15) is 0 Å². The third-order valence-corrected chi connectivity index (χ3v) is 1.14. The number of alkyl halides is 1. The molecule has 0 saturated heterocycles. The molecule has 3 nitrogen and oxygen atoms in total. The summed E-state index contributed by atoms with van der Waals surface area (Å²) in [5, 5.41) is 8.18. The van der Waals surface area contributed by atoms with E-state index >= 15 is 0 Å². The Hall–Kier alpha value is 0.320. The summed E-state index contributed by atoms with van der Waals surface area (Å²) in [5.74, 6) is -0.979. The van der Waals surface area contributed by atoms with Crippen LogP contribution in [0.5, 0.6) is 0 Å². The number of rotatable bonds is 2. The summed E-state index contributed by atoms with van der Waals surface area (Å²) < 4.78 is -0.759. The second kappa shape index (κ2) is 3.37. The van der Waals surface area contributed by atoms with Gasteiger partial charge in [0.1, 0.15) is 0 Å². The van der Waals surface area contributed by atoms with Crippen molar-refractivity contribution in [2.45, 2.75) is 5.56 Å². The van der Waals surface area contributed by atoms with E-state index in [0.29, 0.717) is 0 Å². The van der Waals surface area contributed by atoms with E-state index in [2.05, 4.69) is 0 Å². The van der Waals surface area contributed by atoms with Crippen LogP contribution in [-0.4, -0.2) is 20.2 Å². The molecule has 0 aliphatic heterocycles. The van der Waals surface area contributed by atoms with Crippen LogP contribution in [0.2, 0.25) is 0 Å². The van der Waals surface area contributed by atoms with E-state index in [1.54, 1.807) is 0 Å². The molecule has 0 bridgehead atoms. The van der Waals surface area contributed by atoms with Gasteiger partial charge in [0.2, 0.25) is 0 Å². The Morgan fingerprint density at radius 3 is 2.00 bits per heavy atom. The molecule has 0 heterocycles. The normalized spacial score (nSPS) is 12.9. The lowest BCUT2D eigenvalue weighted by Crippen LogP contribution is -2.18. The lowest BCUT2D eigenvalue weighted by molar-refractivity contribution is -0.133. The van der Waals surface area contributed by atoms with Gasteiger partial charge >= 0.3 is 0 Å². The summed E-state index contributed by atoms with van der Waals surface area (Å²) >= 11 is 6.05. The summed E-state index contributed by atoms with van der Waals surface area (Å²) in [5.41, 5.74) is -1.68. The van der Waals surface area contributed by atoms with Crippen molar-refractivity contribution in [1.29, 1.82) is 0 Å². The van der Waals surface area contributed by atoms with Gasteiger partial charge in [0, 0.05) is 22.6 Å². The summed E-state index contributed by atoms with van der Waals surface area (Å²) in [6.45, 7) is 0. The van der Waals surface area contributed by atoms with Crippen LogP contribution in [-0.2, 0) is 9.59 Å². The zero-order chi connectivity index (χ0) is 6.73. The van der Waals surface area contributed by atoms with Crippen LogP contribution in [0, 0.1) is 0 Å². The Balaban J connectivity index is 3.84. The molecule has 0 saturated carbocycles. The van der Waals surface area contributed by atoms with Gasteiger partial charge < -0.3 is 5.11 Å². The van der Waals surface area contributed by atoms with Gasteiger partial charge in [-0.05, 0) is 0 Å². The molecule has 5 heteroatoms. The Morgan fingerprint density at radius 2 is 2.00 bits per heavy atom. The van der Waals surface area contributed by atoms with Crippen molar-refractivity contribution in [3.05, 3.63) is 0 Å². The number of aliphatic hydroxyl groups excluding tert-OH is 1. The molecular weight excluding hydrogens is 246 g/mol. The van der Waals surface area contributed by atoms with Crippen molar-refractivity contribution in [3.8, 4) is 0 Å². The number of hydrogen-bond donors (Lipinski definition) is 1. The maximum atomic E-state index is 10.1. The van der Waals surface area contributed by atoms with E-state index in [1.165, 1.54) is 22.6 Å². The minimum Gasteiger partial charge on any atom is -0.371 e. The highest BCUT2D eigenvalue weighted by molar-refractivity contribution is 14.1. The number of hydrogen-bond acceptors (Lipinski definition) is 3. The van der Waals surface area contributed by atoms with E-state index in [0.717, 1.165) is 0 Å². The topological polar surface area (TPSA) is 54.4 Å². The van der Waals surface area contributed by atoms with Crippen molar-refractivity contribution in [3.63, 3.8) is 0 Å². The molecule has 0 aromatic rings. The molecule has 0 radical (unpaired) electrons. The van der Waals surface area contributed by atoms with Gasteiger partial charge in [0.25, 0.3) is 9.57 Å². The van der Waals surface area contributed by atoms with E-state index in [1.807, 2.05) is 0 Å². The molecule has 46 valence electrons. The molecule has 0 aliphatic rings. The highest BCUT2D eigenvalue weighted by atomic mass is 127. The molecule has 8 heavy (non-hydrogen) atoms. The molecule has 0 spiro atoms. The first-order chi connectivity index (χ1) is 3.55. The average Bonchev–Trinajstić information content (AvgIpc) is 1.64. The highest BCUT2D eigenvalue weighted by Crippen LogP contribution is 1.96. The van der Waals surface area contributed by atoms with Gasteiger partial charge in [0.05, 0.1) is 0 Å². The quantitative estimate of drug-likeness (QED) is 0.326. The summed E-state index contributed by atoms with van der Waals surface area (Å²) in [7, 11) is 0. The Morgan fingerprint density at radius 1 is 1.62 bits per heavy atom. The maximum Gasteiger partial charge on any atom is 0.261 e. The van der Waals surface area contributed by atoms with Crippen LogP contribution >= 0.6 is 34.2 Å². The van der Waals surface area contributed by atoms with Gasteiger partial charge in [-0.2, -0.15) is 0 Å². The molecule has 0 amide bonds. The van der Waals surface area contributed by atoms with Crippen molar-refractivity contribution in [2.24, 2.45) is 0 Å². The van der Waals surface area contributed by atoms with E-state index in [9.17, 15) is 9.59 Å². The van der Waals surface area contributed by atoms with Crippen molar-refractivity contribution in [1.82, 2.24) is 0 Å². The molecule has 1 N–H and O–H groups in total. The van der Waals surface area contributed by atoms with Gasteiger partial charge in [-0.25, -0.2) is 0 Å². The first-order valence-corrected chi connectivity index (χ1v) is 3.13. The fourth-order valence-corrected chi connectivity index (χ4v) is 0.672. The monoisotopic (exact) mass is 248 g/mol. The van der Waals surface area contributed by atoms with Crippen molar-refractivity contribution < 1.29 is 14.7 Å². The van der Waals surface area contributed by atoms with Crippen LogP contribution < -0.4 is 0 Å². The number of halogens is 2. The maximum absolute atomic E-state index is 10.1. The standard InChI is InChI=1S/C3H2ClIO3/c4-2(7)1(6)3(5)8/h2,7H. The molecule has 0 rings (SSSR count). The molecular formula is C3H2ClIO3. The molecule has 0 aliphatic carbocycles. The largest absolute Gasteiger partial charge is 0.371 e. The predicted molar refractivity (Wildman–Crippen MR) is 35.9 cm³/mol. The van der Waals surface area contributed by atoms with E-state index in [4.69, 9.17) is 16.7 Å². The van der Waals surface area contributed by atoms with Crippen LogP contribution in [0.3, 0.4) is 0 Å². The lowest BCUT2D eigenvalue weighted by Gasteiger charge is -1.91. The summed E-state index contributed by atoms with van der Waals surface area (Å²) in [6.07, 6.45) is 0. The van der Waals surface area contributed by atoms with E-state index in [-0.39, 0.29) is 0 Å². The summed E-state index contributed by atoms with van der Waals surface area (Å²) in [6, 6.07) is 0. The fourth-order valence-electron chi connectivity index (χ4n) is 0.0936. The number of carbonyl (C=O) groups is 2. The second-order valence-corrected chi connectivity index (χ2v) is 2.37. The number of ketones is 1. The fraction of sp³-hybridized carbons (Fsp3) is 0.333. The Bertz CT molecular complexity index is 122. The van der Waals surface area contributed by atoms with Crippen LogP contribution in [0.15, 0.2) is 0 Å². The Kier molecular flexibility index (Phi) is 3.50. The smallest absolute Gasteiger partial charge is 0.261 e. The molecule has 0 aromatic carbocycles. The second-order valence-electron chi connectivity index (χ2n) is 0.974. The van der Waals surface area contributed by atoms with Crippen LogP contribution in [0.25, 0.3) is 0 Å². The first-order valence-electron chi connectivity index (χ1n) is 1.61. The van der Waals surface area contributed by atoms with Crippen LogP contribution in [0.4, 0.5) is 0 Å². The Labute approximate surface area is 64.2 Å². The minimum absolute atomic E-state index is 0.759. The minimum atomic E-state index is -1.68. The highest BCUT2D eigenvalue weighted by Gasteiger charge is 2.16. The molecule has 0 aromatic heterocycles. The predicted octanol–water partition coefficient (Wildman–Crippen LogP) is 0.0743. The number of aliphatic hydroxyl groups is 1. The molecule has 0 fully saturated rings. The SMILES string of the molecule is O=C(I)C(=O)C(O)Cl. The molecule has 1 atom stereocenters. The number of carbonyl (C=O) groups excluding carboxylic acids is 2. The van der Waals surface area contributed by atoms with Gasteiger partial charge in [-0.3, -0.25) is 9.59 Å². The first kappa shape index (κ1) is 8.32. The number of Topliss-reactive ketones (excluding diaryl/α,β-unsaturated/α-hetero) is 1. The average molecular weight is 248 g/mol. The van der Waals surface area contributed by atoms with Crippen molar-refractivity contribution in [2.75, 3.05) is 0 Å². The van der Waals surface area contributed by atoms with Gasteiger partial charge in [0.15, 0.2) is 5.56 Å². The van der Waals surface area contributed by atoms with Gasteiger partial charge in [-0.15, -0.1) is 0 Å². The zero-order valence-electron chi connectivity index (χ0n) is 3.60. The summed E-state index contributed by atoms with van der Waals surface area (Å²) in [4.78, 5) is 20.1.